The molecule has 0 unspecified atom stereocenters. The van der Waals surface area contributed by atoms with Gasteiger partial charge in [-0.2, -0.15) is 4.98 Å². The molecule has 14 heteroatoms. The summed E-state index contributed by atoms with van der Waals surface area (Å²) in [6, 6.07) is 5.33. The Labute approximate surface area is 331 Å². The zero-order valence-corrected chi connectivity index (χ0v) is 34.2. The van der Waals surface area contributed by atoms with Crippen molar-refractivity contribution in [2.45, 2.75) is 141 Å². The van der Waals surface area contributed by atoms with E-state index in [2.05, 4.69) is 30.7 Å². The van der Waals surface area contributed by atoms with Gasteiger partial charge in [0.05, 0.1) is 19.0 Å². The van der Waals surface area contributed by atoms with Crippen LogP contribution in [0.3, 0.4) is 0 Å². The van der Waals surface area contributed by atoms with Crippen molar-refractivity contribution in [3.8, 4) is 5.75 Å². The van der Waals surface area contributed by atoms with Crippen molar-refractivity contribution in [2.24, 2.45) is 5.92 Å². The molecule has 3 amide bonds. The average Bonchev–Trinajstić information content (AvgIpc) is 3.92. The Kier molecular flexibility index (Phi) is 13.4. The first kappa shape index (κ1) is 41.2. The Balaban J connectivity index is 0.985. The number of aromatic nitrogens is 2. The zero-order chi connectivity index (χ0) is 40.0. The Bertz CT molecular complexity index is 1720. The summed E-state index contributed by atoms with van der Waals surface area (Å²) >= 11 is 0. The molecule has 0 radical (unpaired) electrons. The fraction of sp³-hybridized carbons (Fsp3) is 0.667. The molecule has 14 nitrogen and oxygen atoms in total. The number of carbonyl (C=O) groups is 4. The molecule has 6 rings (SSSR count). The van der Waals surface area contributed by atoms with Crippen LogP contribution in [0.2, 0.25) is 0 Å². The van der Waals surface area contributed by atoms with Crippen LogP contribution >= 0.6 is 0 Å². The molecule has 306 valence electrons. The molecule has 3 heterocycles. The molecule has 4 aliphatic rings. The summed E-state index contributed by atoms with van der Waals surface area (Å²) in [7, 11) is 3.35. The van der Waals surface area contributed by atoms with Crippen LogP contribution in [0.1, 0.15) is 122 Å². The third-order valence-corrected chi connectivity index (χ3v) is 12.5. The minimum absolute atomic E-state index is 0.0344. The summed E-state index contributed by atoms with van der Waals surface area (Å²) in [5, 5.41) is 9.48. The van der Waals surface area contributed by atoms with Crippen LogP contribution in [-0.4, -0.2) is 102 Å². The van der Waals surface area contributed by atoms with Crippen molar-refractivity contribution in [3.63, 3.8) is 0 Å². The fourth-order valence-electron chi connectivity index (χ4n) is 8.60. The van der Waals surface area contributed by atoms with E-state index in [9.17, 15) is 19.2 Å². The number of ether oxygens (including phenoxy) is 2. The minimum Gasteiger partial charge on any atom is -0.495 e. The van der Waals surface area contributed by atoms with Gasteiger partial charge >= 0.3 is 5.97 Å². The van der Waals surface area contributed by atoms with Gasteiger partial charge in [0.2, 0.25) is 17.8 Å². The van der Waals surface area contributed by atoms with Crippen molar-refractivity contribution in [2.75, 3.05) is 48.9 Å². The number of carbonyl (C=O) groups excluding carboxylic acids is 4. The molecule has 3 fully saturated rings. The van der Waals surface area contributed by atoms with Gasteiger partial charge in [-0.3, -0.25) is 14.4 Å². The molecular formula is C42H62N8O6. The standard InChI is InChI=1S/C42H62N8O6/c1-7-33-39(53)48(5)34-26-43-41(46-37(34)50(33)30-13-8-9-14-30)45-32-19-18-28(25-35(32)55-6)38(52)44-29-20-23-49(24-21-29)22-12-17-36(51)47-42(4,27(2)3)40(54)56-31-15-10-11-16-31/h18-19,25-27,29-31,33H,7-17,20-24H2,1-6H3,(H,44,52)(H,47,51)(H,43,45,46)/t33-,42-/m1/s1. The van der Waals surface area contributed by atoms with E-state index in [1.807, 2.05) is 20.8 Å². The lowest BCUT2D eigenvalue weighted by Crippen LogP contribution is -2.57. The molecule has 2 aromatic rings. The van der Waals surface area contributed by atoms with Crippen LogP contribution in [0.5, 0.6) is 5.75 Å². The number of fused-ring (bicyclic) bond motifs is 1. The van der Waals surface area contributed by atoms with Crippen LogP contribution in [0.15, 0.2) is 24.4 Å². The maximum absolute atomic E-state index is 13.4. The van der Waals surface area contributed by atoms with Gasteiger partial charge in [0, 0.05) is 44.2 Å². The van der Waals surface area contributed by atoms with E-state index in [0.717, 1.165) is 89.7 Å². The highest BCUT2D eigenvalue weighted by atomic mass is 16.5. The average molecular weight is 775 g/mol. The molecule has 1 saturated heterocycles. The van der Waals surface area contributed by atoms with Gasteiger partial charge in [-0.1, -0.05) is 33.6 Å². The van der Waals surface area contributed by atoms with Gasteiger partial charge in [-0.05, 0) is 102 Å². The van der Waals surface area contributed by atoms with Crippen LogP contribution in [0.4, 0.5) is 23.1 Å². The number of esters is 1. The molecular weight excluding hydrogens is 713 g/mol. The molecule has 2 aliphatic carbocycles. The SMILES string of the molecule is CC[C@@H]1C(=O)N(C)c2cnc(Nc3ccc(C(=O)NC4CCN(CCCC(=O)N[C@@](C)(C(=O)OC5CCCC5)C(C)C)CC4)cc3OC)nc2N1C1CCCC1. The van der Waals surface area contributed by atoms with Gasteiger partial charge in [0.1, 0.15) is 29.1 Å². The van der Waals surface area contributed by atoms with Gasteiger partial charge in [0.15, 0.2) is 5.82 Å². The molecule has 1 aromatic heterocycles. The largest absolute Gasteiger partial charge is 0.495 e. The van der Waals surface area contributed by atoms with Crippen LogP contribution in [0.25, 0.3) is 0 Å². The summed E-state index contributed by atoms with van der Waals surface area (Å²) in [6.45, 7) is 10.1. The van der Waals surface area contributed by atoms with E-state index in [1.165, 1.54) is 0 Å². The lowest BCUT2D eigenvalue weighted by molar-refractivity contribution is -0.160. The topological polar surface area (TPSA) is 158 Å². The number of rotatable bonds is 15. The van der Waals surface area contributed by atoms with E-state index in [1.54, 1.807) is 50.4 Å². The second-order valence-corrected chi connectivity index (χ2v) is 16.5. The summed E-state index contributed by atoms with van der Waals surface area (Å²) in [6.07, 6.45) is 13.3. The Hall–Kier alpha value is -4.46. The number of amides is 3. The van der Waals surface area contributed by atoms with Gasteiger partial charge < -0.3 is 40.1 Å². The van der Waals surface area contributed by atoms with Crippen molar-refractivity contribution in [1.29, 1.82) is 0 Å². The van der Waals surface area contributed by atoms with Crippen molar-refractivity contribution in [3.05, 3.63) is 30.0 Å². The predicted octanol–water partition coefficient (Wildman–Crippen LogP) is 5.72. The molecule has 1 aromatic carbocycles. The number of methoxy groups -OCH3 is 1. The highest BCUT2D eigenvalue weighted by molar-refractivity contribution is 6.04. The normalized spacial score (nSPS) is 20.8. The van der Waals surface area contributed by atoms with Gasteiger partial charge in [-0.25, -0.2) is 9.78 Å². The van der Waals surface area contributed by atoms with Gasteiger partial charge in [-0.15, -0.1) is 0 Å². The monoisotopic (exact) mass is 774 g/mol. The lowest BCUT2D eigenvalue weighted by atomic mass is 9.88. The molecule has 56 heavy (non-hydrogen) atoms. The minimum atomic E-state index is -1.05. The number of nitrogens with one attached hydrogen (secondary N) is 3. The van der Waals surface area contributed by atoms with E-state index < -0.39 is 5.54 Å². The molecule has 2 aliphatic heterocycles. The van der Waals surface area contributed by atoms with Crippen molar-refractivity contribution in [1.82, 2.24) is 25.5 Å². The third-order valence-electron chi connectivity index (χ3n) is 12.5. The molecule has 3 N–H and O–H groups in total. The number of nitrogens with zero attached hydrogens (tertiary/aromatic N) is 5. The lowest BCUT2D eigenvalue weighted by Gasteiger charge is -2.43. The van der Waals surface area contributed by atoms with Crippen LogP contribution < -0.4 is 30.5 Å². The number of likely N-dealkylation sites (N-methyl/N-ethyl adjacent to an activating group) is 1. The Morgan fingerprint density at radius 3 is 2.38 bits per heavy atom. The summed E-state index contributed by atoms with van der Waals surface area (Å²) < 4.78 is 11.5. The van der Waals surface area contributed by atoms with Crippen molar-refractivity contribution >= 4 is 46.8 Å². The summed E-state index contributed by atoms with van der Waals surface area (Å²) in [5.74, 6) is 0.965. The van der Waals surface area contributed by atoms with E-state index in [-0.39, 0.29) is 53.8 Å². The zero-order valence-electron chi connectivity index (χ0n) is 34.2. The predicted molar refractivity (Wildman–Crippen MR) is 216 cm³/mol. The van der Waals surface area contributed by atoms with Crippen LogP contribution in [0, 0.1) is 5.92 Å². The molecule has 0 bridgehead atoms. The quantitative estimate of drug-likeness (QED) is 0.190. The number of likely N-dealkylation sites (tertiary alicyclic amines) is 1. The second kappa shape index (κ2) is 18.2. The molecule has 2 atom stereocenters. The molecule has 0 spiro atoms. The molecule has 2 saturated carbocycles. The summed E-state index contributed by atoms with van der Waals surface area (Å²) in [4.78, 5) is 68.3. The van der Waals surface area contributed by atoms with Crippen LogP contribution in [-0.2, 0) is 19.1 Å². The summed E-state index contributed by atoms with van der Waals surface area (Å²) in [5.41, 5.74) is 0.770. The number of anilines is 4. The number of benzene rings is 1. The fourth-order valence-corrected chi connectivity index (χ4v) is 8.60. The first-order valence-electron chi connectivity index (χ1n) is 20.8. The third kappa shape index (κ3) is 9.22. The van der Waals surface area contributed by atoms with E-state index in [0.29, 0.717) is 47.9 Å². The first-order valence-corrected chi connectivity index (χ1v) is 20.8. The smallest absolute Gasteiger partial charge is 0.332 e. The number of piperidine rings is 1. The maximum Gasteiger partial charge on any atom is 0.332 e. The Morgan fingerprint density at radius 2 is 1.71 bits per heavy atom. The second-order valence-electron chi connectivity index (χ2n) is 16.5. The first-order chi connectivity index (χ1) is 26.9. The highest BCUT2D eigenvalue weighted by Crippen LogP contribution is 2.40. The Morgan fingerprint density at radius 1 is 1.02 bits per heavy atom. The number of hydrogen-bond acceptors (Lipinski definition) is 11. The van der Waals surface area contributed by atoms with E-state index in [4.69, 9.17) is 14.5 Å². The number of hydrogen-bond donors (Lipinski definition) is 3. The van der Waals surface area contributed by atoms with E-state index >= 15 is 0 Å². The van der Waals surface area contributed by atoms with Gasteiger partial charge in [0.25, 0.3) is 5.91 Å². The van der Waals surface area contributed by atoms with Crippen molar-refractivity contribution < 1.29 is 28.7 Å². The maximum atomic E-state index is 13.4. The highest BCUT2D eigenvalue weighted by Gasteiger charge is 2.42.